The summed E-state index contributed by atoms with van der Waals surface area (Å²) in [5, 5.41) is 11.7. The summed E-state index contributed by atoms with van der Waals surface area (Å²) in [6.07, 6.45) is -0.0268. The highest BCUT2D eigenvalue weighted by Crippen LogP contribution is 2.14. The minimum absolute atomic E-state index is 0.0268. The molecule has 0 saturated heterocycles. The summed E-state index contributed by atoms with van der Waals surface area (Å²) in [6, 6.07) is 5.95. The van der Waals surface area contributed by atoms with E-state index in [0.717, 1.165) is 0 Å². The minimum Gasteiger partial charge on any atom is -0.481 e. The van der Waals surface area contributed by atoms with E-state index in [1.165, 1.54) is 24.3 Å². The Labute approximate surface area is 111 Å². The number of carboxylic acids is 1. The van der Waals surface area contributed by atoms with Gasteiger partial charge in [0.15, 0.2) is 9.84 Å². The maximum atomic E-state index is 11.8. The van der Waals surface area contributed by atoms with Crippen LogP contribution < -0.4 is 5.32 Å². The van der Waals surface area contributed by atoms with E-state index >= 15 is 0 Å². The van der Waals surface area contributed by atoms with E-state index in [1.807, 2.05) is 0 Å². The van der Waals surface area contributed by atoms with Gasteiger partial charge < -0.3 is 10.4 Å². The number of hydrogen-bond donors (Lipinski definition) is 2. The van der Waals surface area contributed by atoms with Gasteiger partial charge in [0.2, 0.25) is 0 Å². The van der Waals surface area contributed by atoms with Gasteiger partial charge in [0, 0.05) is 18.1 Å². The average Bonchev–Trinajstić information content (AvgIpc) is 2.28. The number of carboxylic acid groups (broad SMARTS) is 1. The lowest BCUT2D eigenvalue weighted by atomic mass is 10.4. The molecule has 0 aliphatic heterocycles. The molecule has 1 rings (SSSR count). The molecule has 0 aliphatic rings. The van der Waals surface area contributed by atoms with Crippen LogP contribution in [0.15, 0.2) is 29.2 Å². The first kappa shape index (κ1) is 14.9. The van der Waals surface area contributed by atoms with E-state index in [2.05, 4.69) is 5.32 Å². The number of halogens is 1. The van der Waals surface area contributed by atoms with Crippen LogP contribution in [0.3, 0.4) is 0 Å². The fraction of sp³-hybridized carbons (Fsp3) is 0.364. The number of carbonyl (C=O) groups is 1. The minimum atomic E-state index is -3.35. The van der Waals surface area contributed by atoms with Crippen molar-refractivity contribution in [2.75, 3.05) is 18.8 Å². The number of benzene rings is 1. The van der Waals surface area contributed by atoms with Crippen molar-refractivity contribution in [3.8, 4) is 0 Å². The molecule has 1 aromatic carbocycles. The van der Waals surface area contributed by atoms with E-state index in [9.17, 15) is 13.2 Å². The highest BCUT2D eigenvalue weighted by Gasteiger charge is 2.13. The summed E-state index contributed by atoms with van der Waals surface area (Å²) in [6.45, 7) is 0.476. The van der Waals surface area contributed by atoms with Crippen molar-refractivity contribution in [3.63, 3.8) is 0 Å². The molecule has 0 unspecified atom stereocenters. The number of hydrogen-bond acceptors (Lipinski definition) is 4. The van der Waals surface area contributed by atoms with Crippen LogP contribution in [-0.4, -0.2) is 38.3 Å². The van der Waals surface area contributed by atoms with Gasteiger partial charge >= 0.3 is 5.97 Å². The highest BCUT2D eigenvalue weighted by atomic mass is 35.5. The second kappa shape index (κ2) is 6.72. The average molecular weight is 292 g/mol. The Bertz CT molecular complexity index is 498. The molecule has 0 heterocycles. The van der Waals surface area contributed by atoms with Gasteiger partial charge in [-0.15, -0.1) is 0 Å². The van der Waals surface area contributed by atoms with Crippen LogP contribution in [0.1, 0.15) is 6.42 Å². The van der Waals surface area contributed by atoms with Gasteiger partial charge in [-0.3, -0.25) is 4.79 Å². The second-order valence-corrected chi connectivity index (χ2v) is 6.21. The van der Waals surface area contributed by atoms with E-state index in [4.69, 9.17) is 16.7 Å². The van der Waals surface area contributed by atoms with Crippen LogP contribution in [-0.2, 0) is 14.6 Å². The van der Waals surface area contributed by atoms with Gasteiger partial charge in [-0.25, -0.2) is 8.42 Å². The van der Waals surface area contributed by atoms with E-state index < -0.39 is 15.8 Å². The molecule has 0 bridgehead atoms. The van der Waals surface area contributed by atoms with Gasteiger partial charge in [0.1, 0.15) is 0 Å². The van der Waals surface area contributed by atoms with Crippen molar-refractivity contribution in [1.82, 2.24) is 5.32 Å². The zero-order chi connectivity index (χ0) is 13.6. The van der Waals surface area contributed by atoms with Gasteiger partial charge in [0.05, 0.1) is 17.1 Å². The maximum absolute atomic E-state index is 11.8. The fourth-order valence-electron chi connectivity index (χ4n) is 1.29. The number of nitrogens with one attached hydrogen (secondary N) is 1. The van der Waals surface area contributed by atoms with Crippen LogP contribution in [0.5, 0.6) is 0 Å². The Hall–Kier alpha value is -1.11. The van der Waals surface area contributed by atoms with Gasteiger partial charge in [-0.05, 0) is 24.3 Å². The molecule has 5 nitrogen and oxygen atoms in total. The first-order valence-corrected chi connectivity index (χ1v) is 7.36. The molecule has 18 heavy (non-hydrogen) atoms. The summed E-state index contributed by atoms with van der Waals surface area (Å²) in [5.41, 5.74) is 0. The Balaban J connectivity index is 2.45. The summed E-state index contributed by atoms with van der Waals surface area (Å²) >= 11 is 5.67. The third-order valence-electron chi connectivity index (χ3n) is 2.24. The Morgan fingerprint density at radius 1 is 1.22 bits per heavy atom. The molecule has 0 aliphatic carbocycles. The van der Waals surface area contributed by atoms with E-state index in [1.54, 1.807) is 0 Å². The molecule has 0 spiro atoms. The van der Waals surface area contributed by atoms with Crippen LogP contribution in [0.2, 0.25) is 5.02 Å². The smallest absolute Gasteiger partial charge is 0.304 e. The van der Waals surface area contributed by atoms with Crippen LogP contribution in [0.25, 0.3) is 0 Å². The molecule has 0 saturated carbocycles. The van der Waals surface area contributed by atoms with Crippen molar-refractivity contribution >= 4 is 27.4 Å². The topological polar surface area (TPSA) is 83.5 Å². The molecule has 0 radical (unpaired) electrons. The lowest BCUT2D eigenvalue weighted by Crippen LogP contribution is -2.25. The molecule has 7 heteroatoms. The van der Waals surface area contributed by atoms with E-state index in [-0.39, 0.29) is 30.2 Å². The molecule has 0 aromatic heterocycles. The second-order valence-electron chi connectivity index (χ2n) is 3.67. The Morgan fingerprint density at radius 3 is 2.39 bits per heavy atom. The van der Waals surface area contributed by atoms with Gasteiger partial charge in [-0.2, -0.15) is 0 Å². The summed E-state index contributed by atoms with van der Waals surface area (Å²) in [5.74, 6) is -0.989. The van der Waals surface area contributed by atoms with Crippen molar-refractivity contribution in [3.05, 3.63) is 29.3 Å². The normalized spacial score (nSPS) is 11.4. The number of aliphatic carboxylic acids is 1. The van der Waals surface area contributed by atoms with Crippen molar-refractivity contribution < 1.29 is 18.3 Å². The molecular weight excluding hydrogens is 278 g/mol. The van der Waals surface area contributed by atoms with E-state index in [0.29, 0.717) is 5.02 Å². The zero-order valence-electron chi connectivity index (χ0n) is 9.60. The van der Waals surface area contributed by atoms with Gasteiger partial charge in [0.25, 0.3) is 0 Å². The summed E-state index contributed by atoms with van der Waals surface area (Å²) in [4.78, 5) is 10.5. The quantitative estimate of drug-likeness (QED) is 0.737. The predicted octanol–water partition coefficient (Wildman–Crippen LogP) is 1.18. The highest BCUT2D eigenvalue weighted by molar-refractivity contribution is 7.91. The van der Waals surface area contributed by atoms with Gasteiger partial charge in [-0.1, -0.05) is 11.6 Å². The van der Waals surface area contributed by atoms with Crippen molar-refractivity contribution in [2.24, 2.45) is 0 Å². The molecule has 0 amide bonds. The standard InChI is InChI=1S/C11H14ClNO4S/c12-9-1-3-10(4-2-9)18(16,17)8-7-13-6-5-11(14)15/h1-4,13H,5-8H2,(H,14,15). The molecular formula is C11H14ClNO4S. The molecule has 2 N–H and O–H groups in total. The Kier molecular flexibility index (Phi) is 5.58. The predicted molar refractivity (Wildman–Crippen MR) is 68.6 cm³/mol. The molecule has 0 fully saturated rings. The first-order chi connectivity index (χ1) is 8.42. The zero-order valence-corrected chi connectivity index (χ0v) is 11.2. The Morgan fingerprint density at radius 2 is 1.83 bits per heavy atom. The third kappa shape index (κ3) is 5.03. The van der Waals surface area contributed by atoms with Crippen LogP contribution >= 0.6 is 11.6 Å². The van der Waals surface area contributed by atoms with Crippen LogP contribution in [0, 0.1) is 0 Å². The molecule has 0 atom stereocenters. The third-order valence-corrected chi connectivity index (χ3v) is 4.22. The number of rotatable bonds is 7. The first-order valence-electron chi connectivity index (χ1n) is 5.32. The van der Waals surface area contributed by atoms with Crippen LogP contribution in [0.4, 0.5) is 0 Å². The summed E-state index contributed by atoms with van der Waals surface area (Å²) in [7, 11) is -3.35. The number of sulfone groups is 1. The lowest BCUT2D eigenvalue weighted by molar-refractivity contribution is -0.136. The molecule has 1 aromatic rings. The summed E-state index contributed by atoms with van der Waals surface area (Å²) < 4.78 is 23.7. The van der Waals surface area contributed by atoms with Crippen molar-refractivity contribution in [2.45, 2.75) is 11.3 Å². The monoisotopic (exact) mass is 291 g/mol. The fourth-order valence-corrected chi connectivity index (χ4v) is 2.61. The molecule has 100 valence electrons. The largest absolute Gasteiger partial charge is 0.481 e. The maximum Gasteiger partial charge on any atom is 0.304 e. The van der Waals surface area contributed by atoms with Crippen molar-refractivity contribution in [1.29, 1.82) is 0 Å². The lowest BCUT2D eigenvalue weighted by Gasteiger charge is -2.05. The SMILES string of the molecule is O=C(O)CCNCCS(=O)(=O)c1ccc(Cl)cc1.